The van der Waals surface area contributed by atoms with Gasteiger partial charge in [-0.3, -0.25) is 0 Å². The molecule has 0 fully saturated rings. The van der Waals surface area contributed by atoms with Crippen molar-refractivity contribution in [3.05, 3.63) is 40.2 Å². The van der Waals surface area contributed by atoms with Crippen LogP contribution in [0.5, 0.6) is 5.75 Å². The highest BCUT2D eigenvalue weighted by Crippen LogP contribution is 2.24. The van der Waals surface area contributed by atoms with Gasteiger partial charge in [0.25, 0.3) is 0 Å². The van der Waals surface area contributed by atoms with Crippen molar-refractivity contribution in [1.29, 1.82) is 0 Å². The average molecular weight is 302 g/mol. The van der Waals surface area contributed by atoms with E-state index in [-0.39, 0.29) is 11.0 Å². The molecule has 0 amide bonds. The molecule has 110 valence electrons. The van der Waals surface area contributed by atoms with Crippen LogP contribution in [0.1, 0.15) is 10.4 Å². The van der Waals surface area contributed by atoms with Gasteiger partial charge in [-0.1, -0.05) is 0 Å². The molecular formula is C12H5F3O6. The summed E-state index contributed by atoms with van der Waals surface area (Å²) in [5, 5.41) is 8.75. The smallest absolute Gasteiger partial charge is 0.477 e. The van der Waals surface area contributed by atoms with Crippen LogP contribution in [0.25, 0.3) is 11.0 Å². The van der Waals surface area contributed by atoms with Crippen molar-refractivity contribution in [1.82, 2.24) is 0 Å². The van der Waals surface area contributed by atoms with Crippen molar-refractivity contribution in [3.63, 3.8) is 0 Å². The largest absolute Gasteiger partial charge is 0.491 e. The SMILES string of the molecule is O=C(O)c1cc2cc(OC(=O)C(F)(F)F)ccc2oc1=O. The van der Waals surface area contributed by atoms with E-state index < -0.39 is 35.1 Å². The normalized spacial score (nSPS) is 11.4. The number of carbonyl (C=O) groups excluding carboxylic acids is 1. The minimum absolute atomic E-state index is 0.000487. The number of hydrogen-bond donors (Lipinski definition) is 1. The lowest BCUT2D eigenvalue weighted by molar-refractivity contribution is -0.189. The maximum atomic E-state index is 12.1. The summed E-state index contributed by atoms with van der Waals surface area (Å²) in [5.74, 6) is -4.43. The first kappa shape index (κ1) is 14.6. The summed E-state index contributed by atoms with van der Waals surface area (Å²) < 4.78 is 44.9. The Hall–Kier alpha value is -2.84. The maximum absolute atomic E-state index is 12.1. The van der Waals surface area contributed by atoms with Crippen LogP contribution in [0.2, 0.25) is 0 Å². The van der Waals surface area contributed by atoms with Gasteiger partial charge in [0, 0.05) is 5.39 Å². The molecule has 1 N–H and O–H groups in total. The van der Waals surface area contributed by atoms with Crippen LogP contribution >= 0.6 is 0 Å². The Balaban J connectivity index is 2.46. The van der Waals surface area contributed by atoms with E-state index in [2.05, 4.69) is 9.15 Å². The van der Waals surface area contributed by atoms with Crippen molar-refractivity contribution >= 4 is 22.9 Å². The van der Waals surface area contributed by atoms with Crippen molar-refractivity contribution in [2.75, 3.05) is 0 Å². The lowest BCUT2D eigenvalue weighted by Gasteiger charge is -2.07. The quantitative estimate of drug-likeness (QED) is 0.518. The van der Waals surface area contributed by atoms with Crippen molar-refractivity contribution in [2.45, 2.75) is 6.18 Å². The first-order valence-corrected chi connectivity index (χ1v) is 5.28. The Morgan fingerprint density at radius 2 is 1.86 bits per heavy atom. The molecule has 0 atom stereocenters. The van der Waals surface area contributed by atoms with Crippen LogP contribution < -0.4 is 10.4 Å². The van der Waals surface area contributed by atoms with E-state index in [0.717, 1.165) is 24.3 Å². The molecule has 0 bridgehead atoms. The predicted molar refractivity (Wildman–Crippen MR) is 61.1 cm³/mol. The van der Waals surface area contributed by atoms with Gasteiger partial charge >= 0.3 is 23.7 Å². The Kier molecular flexibility index (Phi) is 3.42. The third-order valence-corrected chi connectivity index (χ3v) is 2.38. The second-order valence-electron chi connectivity index (χ2n) is 3.84. The van der Waals surface area contributed by atoms with Gasteiger partial charge in [0.15, 0.2) is 0 Å². The molecule has 0 aliphatic rings. The lowest BCUT2D eigenvalue weighted by Crippen LogP contribution is -2.27. The number of ether oxygens (including phenoxy) is 1. The number of aromatic carboxylic acids is 1. The maximum Gasteiger partial charge on any atom is 0.491 e. The molecule has 2 rings (SSSR count). The Bertz CT molecular complexity index is 790. The fourth-order valence-corrected chi connectivity index (χ4v) is 1.48. The summed E-state index contributed by atoms with van der Waals surface area (Å²) in [5.41, 5.74) is -1.85. The summed E-state index contributed by atoms with van der Waals surface area (Å²) in [6.45, 7) is 0. The van der Waals surface area contributed by atoms with E-state index in [0.29, 0.717) is 0 Å². The molecule has 2 aromatic rings. The van der Waals surface area contributed by atoms with Crippen LogP contribution in [-0.4, -0.2) is 23.2 Å². The van der Waals surface area contributed by atoms with Gasteiger partial charge in [0.2, 0.25) is 0 Å². The first-order valence-electron chi connectivity index (χ1n) is 5.28. The van der Waals surface area contributed by atoms with Gasteiger partial charge in [0.1, 0.15) is 16.9 Å². The third-order valence-electron chi connectivity index (χ3n) is 2.38. The number of esters is 1. The fourth-order valence-electron chi connectivity index (χ4n) is 1.48. The molecule has 0 aliphatic carbocycles. The summed E-state index contributed by atoms with van der Waals surface area (Å²) in [4.78, 5) is 32.7. The molecule has 9 heteroatoms. The zero-order valence-corrected chi connectivity index (χ0v) is 9.93. The topological polar surface area (TPSA) is 93.8 Å². The average Bonchev–Trinajstić information content (AvgIpc) is 2.36. The number of carbonyl (C=O) groups is 2. The molecule has 0 unspecified atom stereocenters. The van der Waals surface area contributed by atoms with E-state index in [1.165, 1.54) is 0 Å². The van der Waals surface area contributed by atoms with Gasteiger partial charge in [-0.2, -0.15) is 13.2 Å². The molecule has 0 radical (unpaired) electrons. The number of alkyl halides is 3. The summed E-state index contributed by atoms with van der Waals surface area (Å²) in [7, 11) is 0. The molecule has 1 aromatic carbocycles. The monoisotopic (exact) mass is 302 g/mol. The number of rotatable bonds is 2. The van der Waals surface area contributed by atoms with Gasteiger partial charge in [-0.05, 0) is 24.3 Å². The van der Waals surface area contributed by atoms with Crippen molar-refractivity contribution < 1.29 is 37.0 Å². The van der Waals surface area contributed by atoms with Crippen molar-refractivity contribution in [2.24, 2.45) is 0 Å². The molecule has 21 heavy (non-hydrogen) atoms. The van der Waals surface area contributed by atoms with E-state index in [4.69, 9.17) is 5.11 Å². The Labute approximate surface area is 113 Å². The van der Waals surface area contributed by atoms with Gasteiger partial charge in [-0.15, -0.1) is 0 Å². The Morgan fingerprint density at radius 3 is 2.43 bits per heavy atom. The fraction of sp³-hybridized carbons (Fsp3) is 0.0833. The first-order chi connectivity index (χ1) is 9.68. The highest BCUT2D eigenvalue weighted by molar-refractivity contribution is 5.92. The molecule has 0 saturated carbocycles. The molecule has 1 heterocycles. The number of benzene rings is 1. The predicted octanol–water partition coefficient (Wildman–Crippen LogP) is 1.96. The lowest BCUT2D eigenvalue weighted by atomic mass is 10.2. The number of carboxylic acid groups (broad SMARTS) is 1. The van der Waals surface area contributed by atoms with E-state index in [1.54, 1.807) is 0 Å². The Morgan fingerprint density at radius 1 is 1.19 bits per heavy atom. The molecule has 0 spiro atoms. The zero-order chi connectivity index (χ0) is 15.8. The number of halogens is 3. The van der Waals surface area contributed by atoms with E-state index in [1.807, 2.05) is 0 Å². The van der Waals surface area contributed by atoms with Gasteiger partial charge < -0.3 is 14.3 Å². The summed E-state index contributed by atoms with van der Waals surface area (Å²) in [6, 6.07) is 3.93. The second kappa shape index (κ2) is 4.93. The van der Waals surface area contributed by atoms with Crippen LogP contribution in [0.15, 0.2) is 33.5 Å². The van der Waals surface area contributed by atoms with Crippen LogP contribution in [0, 0.1) is 0 Å². The molecule has 1 aromatic heterocycles. The van der Waals surface area contributed by atoms with E-state index in [9.17, 15) is 27.6 Å². The summed E-state index contributed by atoms with van der Waals surface area (Å²) in [6.07, 6.45) is -5.16. The molecule has 0 aliphatic heterocycles. The number of hydrogen-bond acceptors (Lipinski definition) is 5. The van der Waals surface area contributed by atoms with Crippen LogP contribution in [-0.2, 0) is 4.79 Å². The molecule has 6 nitrogen and oxygen atoms in total. The third kappa shape index (κ3) is 3.02. The number of fused-ring (bicyclic) bond motifs is 1. The minimum Gasteiger partial charge on any atom is -0.477 e. The van der Waals surface area contributed by atoms with Gasteiger partial charge in [-0.25, -0.2) is 14.4 Å². The standard InChI is InChI=1S/C12H5F3O6/c13-12(14,15)11(19)20-6-1-2-8-5(3-6)4-7(9(16)17)10(18)21-8/h1-4H,(H,16,17). The zero-order valence-electron chi connectivity index (χ0n) is 9.93. The number of carboxylic acids is 1. The van der Waals surface area contributed by atoms with Gasteiger partial charge in [0.05, 0.1) is 0 Å². The highest BCUT2D eigenvalue weighted by atomic mass is 19.4. The minimum atomic E-state index is -5.16. The van der Waals surface area contributed by atoms with Crippen molar-refractivity contribution in [3.8, 4) is 5.75 Å². The van der Waals surface area contributed by atoms with Crippen LogP contribution in [0.3, 0.4) is 0 Å². The van der Waals surface area contributed by atoms with Crippen LogP contribution in [0.4, 0.5) is 13.2 Å². The summed E-state index contributed by atoms with van der Waals surface area (Å²) >= 11 is 0. The van der Waals surface area contributed by atoms with E-state index >= 15 is 0 Å². The highest BCUT2D eigenvalue weighted by Gasteiger charge is 2.41. The second-order valence-corrected chi connectivity index (χ2v) is 3.84. The molecular weight excluding hydrogens is 297 g/mol. The molecule has 0 saturated heterocycles.